The highest BCUT2D eigenvalue weighted by Crippen LogP contribution is 2.33. The first-order valence-electron chi connectivity index (χ1n) is 7.30. The number of ether oxygens (including phenoxy) is 1. The number of amides is 1. The van der Waals surface area contributed by atoms with E-state index < -0.39 is 29.2 Å². The van der Waals surface area contributed by atoms with E-state index in [9.17, 15) is 13.6 Å². The molecule has 0 bridgehead atoms. The maximum absolute atomic E-state index is 13.8. The third-order valence-corrected chi connectivity index (χ3v) is 4.07. The molecule has 2 heterocycles. The van der Waals surface area contributed by atoms with E-state index in [2.05, 4.69) is 15.5 Å². The molecule has 0 saturated carbocycles. The van der Waals surface area contributed by atoms with E-state index in [4.69, 9.17) is 20.9 Å². The van der Waals surface area contributed by atoms with E-state index in [1.165, 1.54) is 0 Å². The summed E-state index contributed by atoms with van der Waals surface area (Å²) >= 11 is 5.47. The van der Waals surface area contributed by atoms with Gasteiger partial charge in [0.05, 0.1) is 10.6 Å². The van der Waals surface area contributed by atoms with Gasteiger partial charge in [-0.15, -0.1) is 0 Å². The Labute approximate surface area is 141 Å². The van der Waals surface area contributed by atoms with Crippen molar-refractivity contribution >= 4 is 17.5 Å². The standard InChI is InChI=1S/C15H14ClF2N3O3/c1-7-20-15(24-21-7)13-8(2-3-23-13)6-19-14(22)9-4-12(18)10(16)5-11(9)17/h4-5,8,13H,2-3,6H2,1H3,(H,19,22)/t8-,13-/m0/s1. The molecule has 2 atom stereocenters. The molecule has 6 nitrogen and oxygen atoms in total. The normalized spacial score (nSPS) is 20.3. The number of halogens is 3. The monoisotopic (exact) mass is 357 g/mol. The van der Waals surface area contributed by atoms with Crippen LogP contribution in [0.5, 0.6) is 0 Å². The van der Waals surface area contributed by atoms with Gasteiger partial charge in [-0.1, -0.05) is 16.8 Å². The van der Waals surface area contributed by atoms with Crippen molar-refractivity contribution in [1.29, 1.82) is 0 Å². The van der Waals surface area contributed by atoms with Crippen LogP contribution < -0.4 is 5.32 Å². The van der Waals surface area contributed by atoms with Gasteiger partial charge in [0.1, 0.15) is 17.7 Å². The number of nitrogens with zero attached hydrogens (tertiary/aromatic N) is 2. The molecule has 0 radical (unpaired) electrons. The Kier molecular flexibility index (Phi) is 4.77. The zero-order valence-electron chi connectivity index (χ0n) is 12.7. The Morgan fingerprint density at radius 1 is 1.42 bits per heavy atom. The van der Waals surface area contributed by atoms with Gasteiger partial charge in [-0.25, -0.2) is 8.78 Å². The van der Waals surface area contributed by atoms with Crippen molar-refractivity contribution in [3.8, 4) is 0 Å². The van der Waals surface area contributed by atoms with Gasteiger partial charge < -0.3 is 14.6 Å². The van der Waals surface area contributed by atoms with Crippen molar-refractivity contribution in [2.75, 3.05) is 13.2 Å². The fraction of sp³-hybridized carbons (Fsp3) is 0.400. The lowest BCUT2D eigenvalue weighted by atomic mass is 10.0. The number of nitrogens with one attached hydrogen (secondary N) is 1. The molecule has 0 spiro atoms. The van der Waals surface area contributed by atoms with Crippen molar-refractivity contribution < 1.29 is 22.8 Å². The molecule has 1 amide bonds. The lowest BCUT2D eigenvalue weighted by Gasteiger charge is -2.15. The second-order valence-electron chi connectivity index (χ2n) is 5.48. The second kappa shape index (κ2) is 6.82. The van der Waals surface area contributed by atoms with Crippen LogP contribution in [0.25, 0.3) is 0 Å². The third kappa shape index (κ3) is 3.39. The second-order valence-corrected chi connectivity index (χ2v) is 5.88. The van der Waals surface area contributed by atoms with E-state index in [-0.39, 0.29) is 17.5 Å². The van der Waals surface area contributed by atoms with Crippen LogP contribution in [-0.4, -0.2) is 29.2 Å². The van der Waals surface area contributed by atoms with Crippen LogP contribution in [0, 0.1) is 24.5 Å². The van der Waals surface area contributed by atoms with Gasteiger partial charge in [0.2, 0.25) is 0 Å². The summed E-state index contributed by atoms with van der Waals surface area (Å²) < 4.78 is 37.8. The van der Waals surface area contributed by atoms with Crippen LogP contribution in [0.15, 0.2) is 16.7 Å². The van der Waals surface area contributed by atoms with Gasteiger partial charge >= 0.3 is 0 Å². The summed E-state index contributed by atoms with van der Waals surface area (Å²) in [6.45, 7) is 2.38. The molecule has 1 N–H and O–H groups in total. The first-order valence-corrected chi connectivity index (χ1v) is 7.68. The van der Waals surface area contributed by atoms with Crippen molar-refractivity contribution in [2.24, 2.45) is 5.92 Å². The number of aromatic nitrogens is 2. The molecule has 1 aromatic carbocycles. The van der Waals surface area contributed by atoms with Gasteiger partial charge in [-0.05, 0) is 25.5 Å². The molecule has 9 heteroatoms. The van der Waals surface area contributed by atoms with E-state index >= 15 is 0 Å². The van der Waals surface area contributed by atoms with E-state index in [1.54, 1.807) is 6.92 Å². The minimum atomic E-state index is -0.884. The van der Waals surface area contributed by atoms with Crippen molar-refractivity contribution in [3.63, 3.8) is 0 Å². The Balaban J connectivity index is 1.66. The summed E-state index contributed by atoms with van der Waals surface area (Å²) in [5.41, 5.74) is -0.402. The van der Waals surface area contributed by atoms with Crippen LogP contribution in [0.3, 0.4) is 0 Å². The van der Waals surface area contributed by atoms with Crippen molar-refractivity contribution in [1.82, 2.24) is 15.5 Å². The van der Waals surface area contributed by atoms with E-state index in [0.717, 1.165) is 12.1 Å². The third-order valence-electron chi connectivity index (χ3n) is 3.78. The predicted molar refractivity (Wildman–Crippen MR) is 79.5 cm³/mol. The zero-order valence-corrected chi connectivity index (χ0v) is 13.4. The van der Waals surface area contributed by atoms with E-state index in [0.29, 0.717) is 24.7 Å². The van der Waals surface area contributed by atoms with Crippen LogP contribution in [0.2, 0.25) is 5.02 Å². The van der Waals surface area contributed by atoms with Crippen LogP contribution in [0.1, 0.15) is 34.6 Å². The van der Waals surface area contributed by atoms with Crippen LogP contribution >= 0.6 is 11.6 Å². The molecule has 128 valence electrons. The number of carbonyl (C=O) groups excluding carboxylic acids is 1. The average molecular weight is 358 g/mol. The van der Waals surface area contributed by atoms with Gasteiger partial charge in [-0.2, -0.15) is 4.98 Å². The molecular weight excluding hydrogens is 344 g/mol. The molecule has 1 fully saturated rings. The summed E-state index contributed by atoms with van der Waals surface area (Å²) in [5.74, 6) is -1.74. The average Bonchev–Trinajstić information content (AvgIpc) is 3.16. The molecule has 1 saturated heterocycles. The minimum absolute atomic E-state index is 0.103. The Bertz CT molecular complexity index is 768. The number of rotatable bonds is 4. The lowest BCUT2D eigenvalue weighted by Crippen LogP contribution is -2.31. The quantitative estimate of drug-likeness (QED) is 0.851. The molecule has 2 aromatic rings. The van der Waals surface area contributed by atoms with Crippen LogP contribution in [-0.2, 0) is 4.74 Å². The van der Waals surface area contributed by atoms with Crippen LogP contribution in [0.4, 0.5) is 8.78 Å². The highest BCUT2D eigenvalue weighted by atomic mass is 35.5. The van der Waals surface area contributed by atoms with Crippen molar-refractivity contribution in [2.45, 2.75) is 19.4 Å². The van der Waals surface area contributed by atoms with Gasteiger partial charge in [-0.3, -0.25) is 4.79 Å². The molecule has 24 heavy (non-hydrogen) atoms. The number of aryl methyl sites for hydroxylation is 1. The lowest BCUT2D eigenvalue weighted by molar-refractivity contribution is 0.0613. The van der Waals surface area contributed by atoms with Crippen molar-refractivity contribution in [3.05, 3.63) is 46.1 Å². The molecule has 1 aliphatic rings. The fourth-order valence-electron chi connectivity index (χ4n) is 2.56. The highest BCUT2D eigenvalue weighted by molar-refractivity contribution is 6.30. The molecule has 1 aromatic heterocycles. The molecular formula is C15H14ClF2N3O3. The maximum atomic E-state index is 13.8. The predicted octanol–water partition coefficient (Wildman–Crippen LogP) is 2.82. The zero-order chi connectivity index (χ0) is 17.3. The van der Waals surface area contributed by atoms with E-state index in [1.807, 2.05) is 0 Å². The fourth-order valence-corrected chi connectivity index (χ4v) is 2.71. The SMILES string of the molecule is Cc1noc([C@H]2OCC[C@H]2CNC(=O)c2cc(F)c(Cl)cc2F)n1. The molecule has 0 aliphatic carbocycles. The first kappa shape index (κ1) is 16.8. The minimum Gasteiger partial charge on any atom is -0.368 e. The number of hydrogen-bond donors (Lipinski definition) is 1. The Morgan fingerprint density at radius 2 is 2.21 bits per heavy atom. The molecule has 0 unspecified atom stereocenters. The molecule has 3 rings (SSSR count). The summed E-state index contributed by atoms with van der Waals surface area (Å²) in [6.07, 6.45) is 0.238. The topological polar surface area (TPSA) is 77.3 Å². The number of benzene rings is 1. The summed E-state index contributed by atoms with van der Waals surface area (Å²) in [4.78, 5) is 16.2. The Hall–Kier alpha value is -2.06. The summed E-state index contributed by atoms with van der Waals surface area (Å²) in [5, 5.41) is 5.91. The molecule has 1 aliphatic heterocycles. The summed E-state index contributed by atoms with van der Waals surface area (Å²) in [7, 11) is 0. The van der Waals surface area contributed by atoms with Gasteiger partial charge in [0.15, 0.2) is 5.82 Å². The Morgan fingerprint density at radius 3 is 2.92 bits per heavy atom. The smallest absolute Gasteiger partial charge is 0.256 e. The first-order chi connectivity index (χ1) is 11.5. The maximum Gasteiger partial charge on any atom is 0.256 e. The highest BCUT2D eigenvalue weighted by Gasteiger charge is 2.34. The van der Waals surface area contributed by atoms with Gasteiger partial charge in [0.25, 0.3) is 11.8 Å². The summed E-state index contributed by atoms with van der Waals surface area (Å²) in [6, 6.07) is 1.55. The van der Waals surface area contributed by atoms with Gasteiger partial charge in [0, 0.05) is 19.1 Å². The number of hydrogen-bond acceptors (Lipinski definition) is 5. The largest absolute Gasteiger partial charge is 0.368 e. The number of carbonyl (C=O) groups is 1.